The normalized spacial score (nSPS) is 12.6. The summed E-state index contributed by atoms with van der Waals surface area (Å²) in [6, 6.07) is 0. The van der Waals surface area contributed by atoms with Crippen LogP contribution in [0.25, 0.3) is 0 Å². The lowest BCUT2D eigenvalue weighted by Gasteiger charge is -2.18. The molecule has 0 aromatic carbocycles. The highest BCUT2D eigenvalue weighted by Gasteiger charge is 2.19. The van der Waals surface area contributed by atoms with Crippen molar-refractivity contribution in [3.8, 4) is 0 Å². The molecule has 0 saturated heterocycles. The van der Waals surface area contributed by atoms with Crippen molar-refractivity contribution in [1.29, 1.82) is 0 Å². The van der Waals surface area contributed by atoms with Crippen molar-refractivity contribution >= 4 is 17.9 Å². The zero-order valence-corrected chi connectivity index (χ0v) is 46.3. The molecule has 404 valence electrons. The van der Waals surface area contributed by atoms with E-state index in [2.05, 4.69) is 93.7 Å². The number of rotatable bonds is 54. The summed E-state index contributed by atoms with van der Waals surface area (Å²) >= 11 is 0. The van der Waals surface area contributed by atoms with Gasteiger partial charge in [0.05, 0.1) is 0 Å². The molecule has 70 heavy (non-hydrogen) atoms. The van der Waals surface area contributed by atoms with Gasteiger partial charge in [0, 0.05) is 19.3 Å². The Morgan fingerprint density at radius 2 is 0.514 bits per heavy atom. The summed E-state index contributed by atoms with van der Waals surface area (Å²) in [4.78, 5) is 38.2. The molecule has 0 aliphatic rings. The largest absolute Gasteiger partial charge is 0.462 e. The Labute approximate surface area is 433 Å². The van der Waals surface area contributed by atoms with Crippen LogP contribution in [0, 0.1) is 0 Å². The third-order valence-corrected chi connectivity index (χ3v) is 12.9. The van der Waals surface area contributed by atoms with E-state index in [0.717, 1.165) is 96.3 Å². The van der Waals surface area contributed by atoms with Gasteiger partial charge in [0.1, 0.15) is 13.2 Å². The number of carbonyl (C=O) groups is 3. The fourth-order valence-electron chi connectivity index (χ4n) is 8.36. The molecule has 0 saturated carbocycles. The van der Waals surface area contributed by atoms with Crippen LogP contribution in [0.4, 0.5) is 0 Å². The topological polar surface area (TPSA) is 78.9 Å². The van der Waals surface area contributed by atoms with Crippen LogP contribution in [-0.4, -0.2) is 37.2 Å². The second-order valence-electron chi connectivity index (χ2n) is 19.9. The van der Waals surface area contributed by atoms with Crippen LogP contribution < -0.4 is 0 Å². The van der Waals surface area contributed by atoms with Gasteiger partial charge in [-0.1, -0.05) is 235 Å². The van der Waals surface area contributed by atoms with Crippen LogP contribution in [0.15, 0.2) is 72.9 Å². The van der Waals surface area contributed by atoms with E-state index >= 15 is 0 Å². The zero-order valence-electron chi connectivity index (χ0n) is 46.3. The highest BCUT2D eigenvalue weighted by atomic mass is 16.6. The number of allylic oxidation sites excluding steroid dienone is 12. The van der Waals surface area contributed by atoms with Crippen molar-refractivity contribution in [2.24, 2.45) is 0 Å². The first-order valence-electron chi connectivity index (χ1n) is 29.9. The van der Waals surface area contributed by atoms with Crippen LogP contribution in [-0.2, 0) is 28.6 Å². The molecule has 0 amide bonds. The highest BCUT2D eigenvalue weighted by Crippen LogP contribution is 2.15. The third-order valence-electron chi connectivity index (χ3n) is 12.9. The third kappa shape index (κ3) is 55.8. The Morgan fingerprint density at radius 3 is 0.829 bits per heavy atom. The van der Waals surface area contributed by atoms with Crippen molar-refractivity contribution < 1.29 is 28.6 Å². The SMILES string of the molecule is CCCCCC/C=C\C/C=C\CCCCCCCCCC(=O)OC(COC(=O)CCCCCCC/C=C\CCCCCC)COC(=O)CCCCCCCC/C=C\C/C=C\C/C=C\CCCCCCC. The quantitative estimate of drug-likeness (QED) is 0.0261. The van der Waals surface area contributed by atoms with Crippen LogP contribution in [0.1, 0.15) is 297 Å². The second-order valence-corrected chi connectivity index (χ2v) is 19.9. The zero-order chi connectivity index (χ0) is 50.7. The maximum absolute atomic E-state index is 12.9. The van der Waals surface area contributed by atoms with Gasteiger partial charge in [-0.25, -0.2) is 0 Å². The number of carbonyl (C=O) groups excluding carboxylic acids is 3. The van der Waals surface area contributed by atoms with E-state index in [1.165, 1.54) is 161 Å². The van der Waals surface area contributed by atoms with Crippen molar-refractivity contribution in [3.05, 3.63) is 72.9 Å². The van der Waals surface area contributed by atoms with E-state index in [4.69, 9.17) is 14.2 Å². The fraction of sp³-hybridized carbons (Fsp3) is 0.766. The molecule has 0 bridgehead atoms. The molecule has 0 N–H and O–H groups in total. The number of ether oxygens (including phenoxy) is 3. The maximum Gasteiger partial charge on any atom is 0.306 e. The molecule has 0 aromatic rings. The summed E-state index contributed by atoms with van der Waals surface area (Å²) in [5, 5.41) is 0. The molecule has 6 nitrogen and oxygen atoms in total. The first-order valence-corrected chi connectivity index (χ1v) is 29.9. The standard InChI is InChI=1S/C64H112O6/c1-4-7-10-13-16-19-22-25-27-29-31-32-33-35-36-39-42-45-48-51-54-57-63(66)69-60-61(59-68-62(65)56-53-50-47-44-41-38-24-21-18-15-12-9-6-3)70-64(67)58-55-52-49-46-43-40-37-34-30-28-26-23-20-17-14-11-8-5-2/h20-25,28-31,33,35,61H,4-19,26-27,32,34,36-60H2,1-3H3/b23-20-,24-21-,25-22-,30-28-,31-29-,35-33-. The lowest BCUT2D eigenvalue weighted by Crippen LogP contribution is -2.30. The van der Waals surface area contributed by atoms with E-state index in [-0.39, 0.29) is 31.1 Å². The molecule has 0 aliphatic heterocycles. The number of unbranched alkanes of at least 4 members (excludes halogenated alkanes) is 31. The van der Waals surface area contributed by atoms with Gasteiger partial charge in [-0.15, -0.1) is 0 Å². The van der Waals surface area contributed by atoms with Gasteiger partial charge in [-0.3, -0.25) is 14.4 Å². The van der Waals surface area contributed by atoms with Crippen LogP contribution >= 0.6 is 0 Å². The van der Waals surface area contributed by atoms with Crippen LogP contribution in [0.3, 0.4) is 0 Å². The molecule has 6 heteroatoms. The van der Waals surface area contributed by atoms with Crippen LogP contribution in [0.5, 0.6) is 0 Å². The molecule has 0 heterocycles. The Hall–Kier alpha value is -3.15. The number of esters is 3. The Bertz CT molecular complexity index is 1310. The minimum Gasteiger partial charge on any atom is -0.462 e. The van der Waals surface area contributed by atoms with Crippen molar-refractivity contribution in [2.75, 3.05) is 13.2 Å². The molecule has 0 fully saturated rings. The van der Waals surface area contributed by atoms with Crippen LogP contribution in [0.2, 0.25) is 0 Å². The van der Waals surface area contributed by atoms with Gasteiger partial charge >= 0.3 is 17.9 Å². The average molecular weight is 978 g/mol. The van der Waals surface area contributed by atoms with Gasteiger partial charge in [-0.05, 0) is 116 Å². The Kier molecular flexibility index (Phi) is 55.8. The molecule has 0 radical (unpaired) electrons. The van der Waals surface area contributed by atoms with E-state index in [1.54, 1.807) is 0 Å². The molecule has 1 unspecified atom stereocenters. The molecular weight excluding hydrogens is 865 g/mol. The number of hydrogen-bond donors (Lipinski definition) is 0. The summed E-state index contributed by atoms with van der Waals surface area (Å²) < 4.78 is 16.9. The lowest BCUT2D eigenvalue weighted by atomic mass is 10.1. The van der Waals surface area contributed by atoms with Gasteiger partial charge < -0.3 is 14.2 Å². The molecule has 0 rings (SSSR count). The van der Waals surface area contributed by atoms with Crippen molar-refractivity contribution in [3.63, 3.8) is 0 Å². The van der Waals surface area contributed by atoms with E-state index in [9.17, 15) is 14.4 Å². The molecular formula is C64H112O6. The summed E-state index contributed by atoms with van der Waals surface area (Å²) in [7, 11) is 0. The Morgan fingerprint density at radius 1 is 0.286 bits per heavy atom. The average Bonchev–Trinajstić information content (AvgIpc) is 3.36. The first kappa shape index (κ1) is 66.9. The Balaban J connectivity index is 4.40. The number of hydrogen-bond acceptors (Lipinski definition) is 6. The predicted molar refractivity (Wildman–Crippen MR) is 302 cm³/mol. The minimum absolute atomic E-state index is 0.0868. The molecule has 1 atom stereocenters. The van der Waals surface area contributed by atoms with Gasteiger partial charge in [0.25, 0.3) is 0 Å². The first-order chi connectivity index (χ1) is 34.5. The van der Waals surface area contributed by atoms with E-state index in [0.29, 0.717) is 19.3 Å². The lowest BCUT2D eigenvalue weighted by molar-refractivity contribution is -0.167. The highest BCUT2D eigenvalue weighted by molar-refractivity contribution is 5.71. The smallest absolute Gasteiger partial charge is 0.306 e. The van der Waals surface area contributed by atoms with Crippen molar-refractivity contribution in [2.45, 2.75) is 303 Å². The summed E-state index contributed by atoms with van der Waals surface area (Å²) in [5.74, 6) is -0.906. The summed E-state index contributed by atoms with van der Waals surface area (Å²) in [6.45, 7) is 6.59. The van der Waals surface area contributed by atoms with E-state index < -0.39 is 6.10 Å². The monoisotopic (exact) mass is 977 g/mol. The predicted octanol–water partition coefficient (Wildman–Crippen LogP) is 20.2. The summed E-state index contributed by atoms with van der Waals surface area (Å²) in [5.41, 5.74) is 0. The molecule has 0 aromatic heterocycles. The molecule has 0 aliphatic carbocycles. The summed E-state index contributed by atoms with van der Waals surface area (Å²) in [6.07, 6.45) is 74.6. The van der Waals surface area contributed by atoms with Gasteiger partial charge in [0.2, 0.25) is 0 Å². The maximum atomic E-state index is 12.9. The fourth-order valence-corrected chi connectivity index (χ4v) is 8.36. The van der Waals surface area contributed by atoms with Crippen molar-refractivity contribution in [1.82, 2.24) is 0 Å². The minimum atomic E-state index is -0.789. The molecule has 0 spiro atoms. The van der Waals surface area contributed by atoms with E-state index in [1.807, 2.05) is 0 Å². The van der Waals surface area contributed by atoms with Gasteiger partial charge in [-0.2, -0.15) is 0 Å². The second kappa shape index (κ2) is 58.4. The van der Waals surface area contributed by atoms with Gasteiger partial charge in [0.15, 0.2) is 6.10 Å².